The summed E-state index contributed by atoms with van der Waals surface area (Å²) in [6.07, 6.45) is 0.869. The molecule has 0 aliphatic rings. The molecule has 2 amide bonds. The summed E-state index contributed by atoms with van der Waals surface area (Å²) in [6.45, 7) is 3.64. The van der Waals surface area contributed by atoms with E-state index in [0.29, 0.717) is 16.9 Å². The zero-order valence-electron chi connectivity index (χ0n) is 15.3. The van der Waals surface area contributed by atoms with Gasteiger partial charge in [0.1, 0.15) is 16.5 Å². The highest BCUT2D eigenvalue weighted by Gasteiger charge is 2.21. The molecule has 0 radical (unpaired) electrons. The van der Waals surface area contributed by atoms with Crippen molar-refractivity contribution in [2.75, 3.05) is 0 Å². The molecule has 0 saturated carbocycles. The minimum Gasteiger partial charge on any atom is -0.267 e. The lowest BCUT2D eigenvalue weighted by Crippen LogP contribution is -2.41. The molecule has 0 saturated heterocycles. The van der Waals surface area contributed by atoms with Gasteiger partial charge in [0.05, 0.1) is 11.4 Å². The number of benzene rings is 2. The molecule has 2 N–H and O–H groups in total. The second-order valence-corrected chi connectivity index (χ2v) is 6.46. The third kappa shape index (κ3) is 4.04. The van der Waals surface area contributed by atoms with Crippen LogP contribution in [-0.2, 0) is 6.42 Å². The van der Waals surface area contributed by atoms with Gasteiger partial charge in [-0.2, -0.15) is 5.10 Å². The molecule has 0 aliphatic carbocycles. The van der Waals surface area contributed by atoms with Gasteiger partial charge in [-0.3, -0.25) is 20.4 Å². The molecule has 8 heteroatoms. The molecule has 1 aromatic heterocycles. The Bertz CT molecular complexity index is 1010. The molecule has 0 spiro atoms. The van der Waals surface area contributed by atoms with Crippen LogP contribution in [0.1, 0.15) is 38.9 Å². The van der Waals surface area contributed by atoms with Crippen LogP contribution in [0.4, 0.5) is 4.39 Å². The summed E-state index contributed by atoms with van der Waals surface area (Å²) < 4.78 is 14.4. The molecule has 0 fully saturated rings. The summed E-state index contributed by atoms with van der Waals surface area (Å²) in [5.41, 5.74) is 7.23. The van der Waals surface area contributed by atoms with E-state index in [1.54, 1.807) is 19.1 Å². The Morgan fingerprint density at radius 2 is 1.64 bits per heavy atom. The van der Waals surface area contributed by atoms with Crippen molar-refractivity contribution in [1.82, 2.24) is 20.6 Å². The van der Waals surface area contributed by atoms with E-state index in [1.165, 1.54) is 28.9 Å². The van der Waals surface area contributed by atoms with Gasteiger partial charge in [-0.05, 0) is 55.3 Å². The van der Waals surface area contributed by atoms with Crippen LogP contribution in [0, 0.1) is 12.7 Å². The van der Waals surface area contributed by atoms with Crippen LogP contribution in [0.25, 0.3) is 5.69 Å². The van der Waals surface area contributed by atoms with Crippen LogP contribution in [0.15, 0.2) is 48.5 Å². The topological polar surface area (TPSA) is 76.0 Å². The van der Waals surface area contributed by atoms with Gasteiger partial charge in [-0.15, -0.1) is 0 Å². The van der Waals surface area contributed by atoms with E-state index in [9.17, 15) is 14.0 Å². The van der Waals surface area contributed by atoms with Crippen molar-refractivity contribution in [2.45, 2.75) is 20.3 Å². The maximum absolute atomic E-state index is 13.1. The summed E-state index contributed by atoms with van der Waals surface area (Å²) >= 11 is 6.30. The first kappa shape index (κ1) is 19.6. The number of hydrazine groups is 1. The second-order valence-electron chi connectivity index (χ2n) is 6.10. The van der Waals surface area contributed by atoms with Gasteiger partial charge in [-0.1, -0.05) is 30.7 Å². The zero-order chi connectivity index (χ0) is 20.3. The third-order valence-corrected chi connectivity index (χ3v) is 4.57. The Kier molecular flexibility index (Phi) is 5.75. The fourth-order valence-corrected chi connectivity index (χ4v) is 3.01. The first-order valence-corrected chi connectivity index (χ1v) is 8.99. The number of aryl methyl sites for hydroxylation is 2. The lowest BCUT2D eigenvalue weighted by molar-refractivity contribution is 0.0846. The highest BCUT2D eigenvalue weighted by atomic mass is 35.5. The number of hydrogen-bond donors (Lipinski definition) is 2. The largest absolute Gasteiger partial charge is 0.274 e. The smallest absolute Gasteiger partial charge is 0.267 e. The van der Waals surface area contributed by atoms with Gasteiger partial charge in [0, 0.05) is 5.56 Å². The lowest BCUT2D eigenvalue weighted by atomic mass is 10.1. The molecular weight excluding hydrogens is 383 g/mol. The number of rotatable bonds is 4. The zero-order valence-corrected chi connectivity index (χ0v) is 16.0. The number of carbonyl (C=O) groups is 2. The van der Waals surface area contributed by atoms with E-state index in [0.717, 1.165) is 12.0 Å². The average Bonchev–Trinajstić information content (AvgIpc) is 3.00. The molecule has 0 aliphatic heterocycles. The number of hydrogen-bond acceptors (Lipinski definition) is 3. The molecule has 0 atom stereocenters. The van der Waals surface area contributed by atoms with E-state index in [-0.39, 0.29) is 10.7 Å². The molecule has 28 heavy (non-hydrogen) atoms. The molecule has 2 aromatic carbocycles. The molecule has 0 unspecified atom stereocenters. The highest BCUT2D eigenvalue weighted by Crippen LogP contribution is 2.23. The number of carbonyl (C=O) groups excluding carboxylic acids is 2. The minimum absolute atomic E-state index is 0.0585. The predicted molar refractivity (Wildman–Crippen MR) is 104 cm³/mol. The Balaban J connectivity index is 1.73. The fraction of sp³-hybridized carbons (Fsp3) is 0.150. The summed E-state index contributed by atoms with van der Waals surface area (Å²) in [4.78, 5) is 24.7. The van der Waals surface area contributed by atoms with Crippen molar-refractivity contribution in [3.8, 4) is 5.69 Å². The number of amides is 2. The van der Waals surface area contributed by atoms with E-state index in [2.05, 4.69) is 16.0 Å². The number of halogens is 2. The Morgan fingerprint density at radius 3 is 2.25 bits per heavy atom. The Labute approximate surface area is 166 Å². The first-order valence-electron chi connectivity index (χ1n) is 8.61. The normalized spacial score (nSPS) is 10.6. The van der Waals surface area contributed by atoms with Gasteiger partial charge < -0.3 is 0 Å². The summed E-state index contributed by atoms with van der Waals surface area (Å²) in [5.74, 6) is -1.44. The van der Waals surface area contributed by atoms with E-state index in [4.69, 9.17) is 11.6 Å². The monoisotopic (exact) mass is 400 g/mol. The molecule has 6 nitrogen and oxygen atoms in total. The van der Waals surface area contributed by atoms with Crippen LogP contribution in [0.2, 0.25) is 5.15 Å². The van der Waals surface area contributed by atoms with E-state index in [1.807, 2.05) is 19.1 Å². The summed E-state index contributed by atoms with van der Waals surface area (Å²) in [6, 6.07) is 12.6. The summed E-state index contributed by atoms with van der Waals surface area (Å²) in [5, 5.41) is 4.28. The average molecular weight is 401 g/mol. The molecule has 0 bridgehead atoms. The van der Waals surface area contributed by atoms with Crippen molar-refractivity contribution < 1.29 is 14.0 Å². The molecule has 3 rings (SSSR count). The lowest BCUT2D eigenvalue weighted by Gasteiger charge is -2.08. The molecule has 1 heterocycles. The molecular formula is C20H18ClFN4O2. The first-order chi connectivity index (χ1) is 13.4. The maximum atomic E-state index is 13.1. The maximum Gasteiger partial charge on any atom is 0.274 e. The Morgan fingerprint density at radius 1 is 1.04 bits per heavy atom. The number of aromatic nitrogens is 2. The van der Waals surface area contributed by atoms with E-state index < -0.39 is 17.6 Å². The molecule has 144 valence electrons. The van der Waals surface area contributed by atoms with Gasteiger partial charge in [0.15, 0.2) is 0 Å². The predicted octanol–water partition coefficient (Wildman–Crippen LogP) is 3.61. The number of nitrogens with zero attached hydrogens (tertiary/aromatic N) is 2. The van der Waals surface area contributed by atoms with Gasteiger partial charge in [0.25, 0.3) is 11.8 Å². The fourth-order valence-electron chi connectivity index (χ4n) is 2.65. The third-order valence-electron chi connectivity index (χ3n) is 4.22. The van der Waals surface area contributed by atoms with Gasteiger partial charge >= 0.3 is 0 Å². The van der Waals surface area contributed by atoms with Crippen LogP contribution in [0.5, 0.6) is 0 Å². The van der Waals surface area contributed by atoms with Crippen molar-refractivity contribution >= 4 is 23.4 Å². The SMILES string of the molecule is CCc1ccc(C(=O)NNC(=O)c2c(C)nn(-c3ccc(F)cc3)c2Cl)cc1. The highest BCUT2D eigenvalue weighted by molar-refractivity contribution is 6.33. The summed E-state index contributed by atoms with van der Waals surface area (Å²) in [7, 11) is 0. The van der Waals surface area contributed by atoms with Crippen molar-refractivity contribution in [3.63, 3.8) is 0 Å². The standard InChI is InChI=1S/C20H18ClFN4O2/c1-3-13-4-6-14(7-5-13)19(27)23-24-20(28)17-12(2)25-26(18(17)21)16-10-8-15(22)9-11-16/h4-11H,3H2,1-2H3,(H,23,27)(H,24,28). The van der Waals surface area contributed by atoms with Crippen molar-refractivity contribution in [3.05, 3.63) is 81.9 Å². The van der Waals surface area contributed by atoms with Crippen molar-refractivity contribution in [2.24, 2.45) is 0 Å². The van der Waals surface area contributed by atoms with E-state index >= 15 is 0 Å². The second kappa shape index (κ2) is 8.22. The number of nitrogens with one attached hydrogen (secondary N) is 2. The van der Waals surface area contributed by atoms with Gasteiger partial charge in [-0.25, -0.2) is 9.07 Å². The minimum atomic E-state index is -0.602. The van der Waals surface area contributed by atoms with Crippen molar-refractivity contribution in [1.29, 1.82) is 0 Å². The van der Waals surface area contributed by atoms with Crippen LogP contribution in [-0.4, -0.2) is 21.6 Å². The van der Waals surface area contributed by atoms with Crippen LogP contribution >= 0.6 is 11.6 Å². The Hall–Kier alpha value is -3.19. The van der Waals surface area contributed by atoms with Crippen LogP contribution < -0.4 is 10.9 Å². The molecule has 3 aromatic rings. The van der Waals surface area contributed by atoms with Gasteiger partial charge in [0.2, 0.25) is 0 Å². The quantitative estimate of drug-likeness (QED) is 0.657. The van der Waals surface area contributed by atoms with Crippen LogP contribution in [0.3, 0.4) is 0 Å².